The summed E-state index contributed by atoms with van der Waals surface area (Å²) in [6.07, 6.45) is 1.55. The molecule has 4 nitrogen and oxygen atoms in total. The third-order valence-electron chi connectivity index (χ3n) is 5.18. The molecule has 0 aliphatic heterocycles. The minimum absolute atomic E-state index is 0.00961. The first-order valence-corrected chi connectivity index (χ1v) is 11.2. The molecule has 0 aliphatic rings. The molecule has 0 aromatic heterocycles. The molecule has 0 unspecified atom stereocenters. The molecule has 5 heteroatoms. The Balaban J connectivity index is 1.59. The lowest BCUT2D eigenvalue weighted by Gasteiger charge is -2.12. The van der Waals surface area contributed by atoms with E-state index in [1.165, 1.54) is 0 Å². The van der Waals surface area contributed by atoms with Crippen molar-refractivity contribution in [3.05, 3.63) is 112 Å². The summed E-state index contributed by atoms with van der Waals surface area (Å²) in [6.45, 7) is 2.30. The van der Waals surface area contributed by atoms with Gasteiger partial charge in [0.1, 0.15) is 24.0 Å². The van der Waals surface area contributed by atoms with E-state index in [-0.39, 0.29) is 5.57 Å². The van der Waals surface area contributed by atoms with Gasteiger partial charge in [0.2, 0.25) is 0 Å². The molecule has 0 saturated carbocycles. The van der Waals surface area contributed by atoms with Crippen LogP contribution in [0, 0.1) is 18.3 Å². The highest BCUT2D eigenvalue weighted by Gasteiger charge is 2.13. The molecular formula is C28H21BrN2O2. The topological polar surface area (TPSA) is 62.1 Å². The second kappa shape index (κ2) is 10.2. The Morgan fingerprint density at radius 3 is 2.64 bits per heavy atom. The zero-order valence-corrected chi connectivity index (χ0v) is 19.6. The number of nitriles is 1. The van der Waals surface area contributed by atoms with Crippen LogP contribution in [0.3, 0.4) is 0 Å². The van der Waals surface area contributed by atoms with Crippen LogP contribution in [0.25, 0.3) is 16.8 Å². The number of nitrogens with one attached hydrogen (secondary N) is 1. The number of amides is 1. The number of anilines is 1. The lowest BCUT2D eigenvalue weighted by atomic mass is 10.1. The van der Waals surface area contributed by atoms with Gasteiger partial charge in [0.05, 0.1) is 0 Å². The Labute approximate surface area is 201 Å². The maximum absolute atomic E-state index is 12.7. The van der Waals surface area contributed by atoms with Crippen LogP contribution in [0.15, 0.2) is 95.0 Å². The van der Waals surface area contributed by atoms with Crippen molar-refractivity contribution in [3.8, 4) is 11.8 Å². The molecule has 1 N–H and O–H groups in total. The van der Waals surface area contributed by atoms with Crippen LogP contribution in [-0.2, 0) is 11.4 Å². The summed E-state index contributed by atoms with van der Waals surface area (Å²) in [5.74, 6) is 0.116. The summed E-state index contributed by atoms with van der Waals surface area (Å²) in [7, 11) is 0. The predicted molar refractivity (Wildman–Crippen MR) is 136 cm³/mol. The number of ether oxygens (including phenoxy) is 1. The molecule has 4 rings (SSSR count). The number of carbonyl (C=O) groups excluding carboxylic acids is 1. The molecule has 33 heavy (non-hydrogen) atoms. The van der Waals surface area contributed by atoms with E-state index < -0.39 is 5.91 Å². The number of hydrogen-bond acceptors (Lipinski definition) is 3. The molecule has 0 fully saturated rings. The largest absolute Gasteiger partial charge is 0.488 e. The molecule has 0 radical (unpaired) electrons. The minimum Gasteiger partial charge on any atom is -0.488 e. The Morgan fingerprint density at radius 2 is 1.82 bits per heavy atom. The molecule has 1 amide bonds. The SMILES string of the molecule is Cc1cccc(NC(=O)/C(C#N)=C/c2cc(Br)ccc2OCc2cccc3ccccc23)c1. The second-order valence-corrected chi connectivity index (χ2v) is 8.52. The Morgan fingerprint density at radius 1 is 1.03 bits per heavy atom. The number of aryl methyl sites for hydroxylation is 1. The number of carbonyl (C=O) groups is 1. The molecule has 0 atom stereocenters. The predicted octanol–water partition coefficient (Wildman–Crippen LogP) is 7.04. The normalized spacial score (nSPS) is 11.1. The van der Waals surface area contributed by atoms with E-state index in [1.54, 1.807) is 12.1 Å². The third kappa shape index (κ3) is 5.49. The Bertz CT molecular complexity index is 1400. The molecule has 0 bridgehead atoms. The zero-order chi connectivity index (χ0) is 23.2. The molecule has 0 saturated heterocycles. The first-order chi connectivity index (χ1) is 16.0. The molecule has 0 spiro atoms. The van der Waals surface area contributed by atoms with Gasteiger partial charge in [0.25, 0.3) is 5.91 Å². The van der Waals surface area contributed by atoms with Crippen molar-refractivity contribution >= 4 is 44.4 Å². The number of hydrogen-bond donors (Lipinski definition) is 1. The fourth-order valence-electron chi connectivity index (χ4n) is 3.56. The van der Waals surface area contributed by atoms with Crippen LogP contribution in [-0.4, -0.2) is 5.91 Å². The summed E-state index contributed by atoms with van der Waals surface area (Å²) in [5, 5.41) is 14.7. The number of nitrogens with zero attached hydrogens (tertiary/aromatic N) is 1. The molecule has 0 aliphatic carbocycles. The van der Waals surface area contributed by atoms with Gasteiger partial charge in [-0.1, -0.05) is 70.5 Å². The first kappa shape index (κ1) is 22.3. The van der Waals surface area contributed by atoms with E-state index in [4.69, 9.17) is 4.74 Å². The van der Waals surface area contributed by atoms with E-state index in [0.717, 1.165) is 26.4 Å². The van der Waals surface area contributed by atoms with Crippen LogP contribution in [0.5, 0.6) is 5.75 Å². The van der Waals surface area contributed by atoms with Crippen LogP contribution >= 0.6 is 15.9 Å². The van der Waals surface area contributed by atoms with E-state index in [0.29, 0.717) is 23.6 Å². The number of halogens is 1. The van der Waals surface area contributed by atoms with Crippen LogP contribution in [0.1, 0.15) is 16.7 Å². The summed E-state index contributed by atoms with van der Waals surface area (Å²) in [4.78, 5) is 12.7. The third-order valence-corrected chi connectivity index (χ3v) is 5.67. The average Bonchev–Trinajstić information content (AvgIpc) is 2.82. The quantitative estimate of drug-likeness (QED) is 0.230. The standard InChI is InChI=1S/C28H21BrN2O2/c1-19-6-4-10-25(14-19)31-28(32)23(17-30)15-22-16-24(29)12-13-27(22)33-18-21-9-5-8-20-7-2-3-11-26(20)21/h2-16H,18H2,1H3,(H,31,32)/b23-15+. The zero-order valence-electron chi connectivity index (χ0n) is 18.0. The maximum Gasteiger partial charge on any atom is 0.266 e. The van der Waals surface area contributed by atoms with Crippen molar-refractivity contribution in [2.75, 3.05) is 5.32 Å². The lowest BCUT2D eigenvalue weighted by molar-refractivity contribution is -0.112. The minimum atomic E-state index is -0.469. The summed E-state index contributed by atoms with van der Waals surface area (Å²) < 4.78 is 6.96. The van der Waals surface area contributed by atoms with Gasteiger partial charge in [-0.3, -0.25) is 4.79 Å². The summed E-state index contributed by atoms with van der Waals surface area (Å²) >= 11 is 3.47. The molecule has 0 heterocycles. The summed E-state index contributed by atoms with van der Waals surface area (Å²) in [5.41, 5.74) is 3.35. The molecule has 4 aromatic carbocycles. The fraction of sp³-hybridized carbons (Fsp3) is 0.0714. The van der Waals surface area contributed by atoms with E-state index in [1.807, 2.05) is 73.7 Å². The number of benzene rings is 4. The van der Waals surface area contributed by atoms with Crippen molar-refractivity contribution in [1.82, 2.24) is 0 Å². The van der Waals surface area contributed by atoms with Gasteiger partial charge >= 0.3 is 0 Å². The summed E-state index contributed by atoms with van der Waals surface area (Å²) in [6, 6.07) is 29.2. The highest BCUT2D eigenvalue weighted by molar-refractivity contribution is 9.10. The highest BCUT2D eigenvalue weighted by atomic mass is 79.9. The smallest absolute Gasteiger partial charge is 0.266 e. The van der Waals surface area contributed by atoms with Crippen LogP contribution < -0.4 is 10.1 Å². The Kier molecular flexibility index (Phi) is 6.87. The van der Waals surface area contributed by atoms with Crippen molar-refractivity contribution in [2.24, 2.45) is 0 Å². The molecule has 4 aromatic rings. The van der Waals surface area contributed by atoms with Gasteiger partial charge in [-0.25, -0.2) is 0 Å². The van der Waals surface area contributed by atoms with Gasteiger partial charge < -0.3 is 10.1 Å². The van der Waals surface area contributed by atoms with Crippen LogP contribution in [0.4, 0.5) is 5.69 Å². The maximum atomic E-state index is 12.7. The monoisotopic (exact) mass is 496 g/mol. The van der Waals surface area contributed by atoms with Crippen molar-refractivity contribution in [3.63, 3.8) is 0 Å². The fourth-order valence-corrected chi connectivity index (χ4v) is 3.94. The van der Waals surface area contributed by atoms with Crippen molar-refractivity contribution < 1.29 is 9.53 Å². The van der Waals surface area contributed by atoms with E-state index in [2.05, 4.69) is 39.4 Å². The highest BCUT2D eigenvalue weighted by Crippen LogP contribution is 2.28. The average molecular weight is 497 g/mol. The second-order valence-electron chi connectivity index (χ2n) is 7.60. The van der Waals surface area contributed by atoms with Crippen molar-refractivity contribution in [2.45, 2.75) is 13.5 Å². The van der Waals surface area contributed by atoms with E-state index >= 15 is 0 Å². The van der Waals surface area contributed by atoms with Gasteiger partial charge in [-0.2, -0.15) is 5.26 Å². The Hall–Kier alpha value is -3.88. The van der Waals surface area contributed by atoms with Gasteiger partial charge in [0, 0.05) is 15.7 Å². The molecular weight excluding hydrogens is 476 g/mol. The number of fused-ring (bicyclic) bond motifs is 1. The first-order valence-electron chi connectivity index (χ1n) is 10.4. The van der Waals surface area contributed by atoms with Gasteiger partial charge in [-0.15, -0.1) is 0 Å². The van der Waals surface area contributed by atoms with Gasteiger partial charge in [-0.05, 0) is 65.2 Å². The van der Waals surface area contributed by atoms with Gasteiger partial charge in [0.15, 0.2) is 0 Å². The van der Waals surface area contributed by atoms with Crippen molar-refractivity contribution in [1.29, 1.82) is 5.26 Å². The lowest BCUT2D eigenvalue weighted by Crippen LogP contribution is -2.13. The molecule has 162 valence electrons. The van der Waals surface area contributed by atoms with Crippen LogP contribution in [0.2, 0.25) is 0 Å². The number of rotatable bonds is 6. The van der Waals surface area contributed by atoms with E-state index in [9.17, 15) is 10.1 Å².